The van der Waals surface area contributed by atoms with E-state index in [1.54, 1.807) is 12.1 Å². The Kier molecular flexibility index (Phi) is 5.88. The normalized spacial score (nSPS) is 12.2. The molecular formula is C20H22F2. The van der Waals surface area contributed by atoms with Crippen LogP contribution in [0.3, 0.4) is 0 Å². The van der Waals surface area contributed by atoms with Crippen LogP contribution in [0.15, 0.2) is 54.4 Å². The predicted molar refractivity (Wildman–Crippen MR) is 89.1 cm³/mol. The van der Waals surface area contributed by atoms with E-state index >= 15 is 0 Å². The van der Waals surface area contributed by atoms with Crippen molar-refractivity contribution in [2.24, 2.45) is 0 Å². The highest BCUT2D eigenvalue weighted by Crippen LogP contribution is 2.24. The third kappa shape index (κ3) is 4.52. The summed E-state index contributed by atoms with van der Waals surface area (Å²) in [6.45, 7) is 3.91. The van der Waals surface area contributed by atoms with E-state index in [1.807, 2.05) is 19.1 Å². The number of allylic oxidation sites excluding steroid dienone is 1. The second kappa shape index (κ2) is 7.88. The van der Waals surface area contributed by atoms with E-state index in [4.69, 9.17) is 0 Å². The largest absolute Gasteiger partial charge is 0.209 e. The number of hydrogen-bond acceptors (Lipinski definition) is 0. The molecule has 0 atom stereocenters. The van der Waals surface area contributed by atoms with Gasteiger partial charge >= 0.3 is 0 Å². The molecule has 0 aliphatic rings. The van der Waals surface area contributed by atoms with E-state index in [0.29, 0.717) is 12.0 Å². The van der Waals surface area contributed by atoms with Gasteiger partial charge in [0.05, 0.1) is 0 Å². The molecule has 0 aromatic heterocycles. The molecule has 0 heterocycles. The van der Waals surface area contributed by atoms with Crippen molar-refractivity contribution in [1.29, 1.82) is 0 Å². The maximum absolute atomic E-state index is 13.8. The number of rotatable bonds is 6. The molecule has 0 nitrogen and oxygen atoms in total. The Bertz CT molecular complexity index is 622. The Morgan fingerprint density at radius 2 is 1.32 bits per heavy atom. The van der Waals surface area contributed by atoms with Gasteiger partial charge in [-0.1, -0.05) is 61.0 Å². The van der Waals surface area contributed by atoms with Crippen molar-refractivity contribution in [3.63, 3.8) is 0 Å². The molecule has 0 saturated carbocycles. The van der Waals surface area contributed by atoms with Crippen LogP contribution in [0.25, 0.3) is 5.83 Å². The molecule has 0 spiro atoms. The highest BCUT2D eigenvalue weighted by Gasteiger charge is 2.08. The molecule has 2 aromatic carbocycles. The molecule has 0 bridgehead atoms. The fraction of sp³-hybridized carbons (Fsp3) is 0.300. The number of halogens is 2. The van der Waals surface area contributed by atoms with Gasteiger partial charge in [0.25, 0.3) is 0 Å². The lowest BCUT2D eigenvalue weighted by molar-refractivity contribution is 0.559. The Morgan fingerprint density at radius 1 is 0.818 bits per heavy atom. The molecule has 0 N–H and O–H groups in total. The molecule has 22 heavy (non-hydrogen) atoms. The van der Waals surface area contributed by atoms with Gasteiger partial charge in [-0.15, -0.1) is 0 Å². The number of aryl methyl sites for hydroxylation is 3. The molecule has 0 unspecified atom stereocenters. The van der Waals surface area contributed by atoms with E-state index in [0.717, 1.165) is 18.4 Å². The zero-order valence-corrected chi connectivity index (χ0v) is 13.2. The summed E-state index contributed by atoms with van der Waals surface area (Å²) in [4.78, 5) is 0. The van der Waals surface area contributed by atoms with Crippen LogP contribution in [0.1, 0.15) is 42.0 Å². The Hall–Kier alpha value is -1.96. The molecule has 2 heteroatoms. The SMILES string of the molecule is CCC/C(F)=C(/F)c1ccc(CCc2ccc(C)cc2)cc1. The second-order valence-corrected chi connectivity index (χ2v) is 5.65. The van der Waals surface area contributed by atoms with Gasteiger partial charge < -0.3 is 0 Å². The maximum Gasteiger partial charge on any atom is 0.161 e. The average molecular weight is 300 g/mol. The van der Waals surface area contributed by atoms with Gasteiger partial charge in [0.2, 0.25) is 0 Å². The summed E-state index contributed by atoms with van der Waals surface area (Å²) in [5, 5.41) is 0. The summed E-state index contributed by atoms with van der Waals surface area (Å²) in [6, 6.07) is 15.6. The van der Waals surface area contributed by atoms with Crippen LogP contribution < -0.4 is 0 Å². The molecule has 0 saturated heterocycles. The van der Waals surface area contributed by atoms with E-state index in [1.165, 1.54) is 11.1 Å². The van der Waals surface area contributed by atoms with Crippen LogP contribution in [0.2, 0.25) is 0 Å². The third-order valence-corrected chi connectivity index (χ3v) is 3.74. The first kappa shape index (κ1) is 16.4. The topological polar surface area (TPSA) is 0 Å². The lowest BCUT2D eigenvalue weighted by atomic mass is 10.0. The summed E-state index contributed by atoms with van der Waals surface area (Å²) in [5.74, 6) is -1.39. The van der Waals surface area contributed by atoms with Crippen LogP contribution in [0.4, 0.5) is 8.78 Å². The Labute approximate surface area is 131 Å². The Morgan fingerprint density at radius 3 is 1.82 bits per heavy atom. The van der Waals surface area contributed by atoms with Crippen LogP contribution in [-0.2, 0) is 12.8 Å². The first-order valence-electron chi connectivity index (χ1n) is 7.79. The molecule has 0 fully saturated rings. The van der Waals surface area contributed by atoms with Crippen molar-refractivity contribution >= 4 is 5.83 Å². The third-order valence-electron chi connectivity index (χ3n) is 3.74. The van der Waals surface area contributed by atoms with Crippen molar-refractivity contribution in [2.75, 3.05) is 0 Å². The molecule has 2 aromatic rings. The van der Waals surface area contributed by atoms with Crippen LogP contribution in [0.5, 0.6) is 0 Å². The average Bonchev–Trinajstić information content (AvgIpc) is 2.54. The summed E-state index contributed by atoms with van der Waals surface area (Å²) in [6.07, 6.45) is 2.60. The highest BCUT2D eigenvalue weighted by molar-refractivity contribution is 5.61. The summed E-state index contributed by atoms with van der Waals surface area (Å²) in [5.41, 5.74) is 4.00. The first-order chi connectivity index (χ1) is 10.6. The molecule has 2 rings (SSSR count). The molecule has 0 aliphatic carbocycles. The lowest BCUT2D eigenvalue weighted by Gasteiger charge is -2.05. The number of hydrogen-bond donors (Lipinski definition) is 0. The van der Waals surface area contributed by atoms with E-state index in [2.05, 4.69) is 31.2 Å². The molecule has 0 amide bonds. The van der Waals surface area contributed by atoms with Gasteiger partial charge in [-0.3, -0.25) is 0 Å². The number of benzene rings is 2. The highest BCUT2D eigenvalue weighted by atomic mass is 19.2. The predicted octanol–water partition coefficient (Wildman–Crippen LogP) is 6.19. The van der Waals surface area contributed by atoms with E-state index in [9.17, 15) is 8.78 Å². The summed E-state index contributed by atoms with van der Waals surface area (Å²) >= 11 is 0. The van der Waals surface area contributed by atoms with Gasteiger partial charge in [0, 0.05) is 12.0 Å². The standard InChI is InChI=1S/C20H22F2/c1-3-4-19(21)20(22)18-13-11-17(12-14-18)10-9-16-7-5-15(2)6-8-16/h5-8,11-14H,3-4,9-10H2,1-2H3/b20-19-. The van der Waals surface area contributed by atoms with Gasteiger partial charge in [0.15, 0.2) is 5.83 Å². The molecule has 0 aliphatic heterocycles. The van der Waals surface area contributed by atoms with E-state index < -0.39 is 11.7 Å². The maximum atomic E-state index is 13.8. The van der Waals surface area contributed by atoms with Crippen molar-refractivity contribution < 1.29 is 8.78 Å². The first-order valence-corrected chi connectivity index (χ1v) is 7.79. The van der Waals surface area contributed by atoms with Gasteiger partial charge in [-0.2, -0.15) is 0 Å². The van der Waals surface area contributed by atoms with Gasteiger partial charge in [-0.25, -0.2) is 8.78 Å². The Balaban J connectivity index is 2.00. The smallest absolute Gasteiger partial charge is 0.161 e. The zero-order valence-electron chi connectivity index (χ0n) is 13.2. The van der Waals surface area contributed by atoms with Gasteiger partial charge in [-0.05, 0) is 37.3 Å². The van der Waals surface area contributed by atoms with Crippen molar-refractivity contribution in [1.82, 2.24) is 0 Å². The van der Waals surface area contributed by atoms with Crippen LogP contribution in [-0.4, -0.2) is 0 Å². The van der Waals surface area contributed by atoms with E-state index in [-0.39, 0.29) is 6.42 Å². The fourth-order valence-electron chi connectivity index (χ4n) is 2.35. The second-order valence-electron chi connectivity index (χ2n) is 5.65. The summed E-state index contributed by atoms with van der Waals surface area (Å²) < 4.78 is 27.3. The minimum atomic E-state index is -0.730. The van der Waals surface area contributed by atoms with Crippen molar-refractivity contribution in [3.8, 4) is 0 Å². The molecule has 0 radical (unpaired) electrons. The monoisotopic (exact) mass is 300 g/mol. The minimum Gasteiger partial charge on any atom is -0.209 e. The van der Waals surface area contributed by atoms with Crippen molar-refractivity contribution in [2.45, 2.75) is 39.5 Å². The minimum absolute atomic E-state index is 0.154. The van der Waals surface area contributed by atoms with Crippen molar-refractivity contribution in [3.05, 3.63) is 76.6 Å². The fourth-order valence-corrected chi connectivity index (χ4v) is 2.35. The summed E-state index contributed by atoms with van der Waals surface area (Å²) in [7, 11) is 0. The quantitative estimate of drug-likeness (QED) is 0.597. The molecule has 116 valence electrons. The lowest BCUT2D eigenvalue weighted by Crippen LogP contribution is -1.92. The van der Waals surface area contributed by atoms with Crippen LogP contribution in [0, 0.1) is 6.92 Å². The van der Waals surface area contributed by atoms with Crippen LogP contribution >= 0.6 is 0 Å². The molecular weight excluding hydrogens is 278 g/mol. The van der Waals surface area contributed by atoms with Gasteiger partial charge in [0.1, 0.15) is 5.83 Å². The zero-order chi connectivity index (χ0) is 15.9.